The monoisotopic (exact) mass is 230 g/mol. The molecule has 0 spiro atoms. The molecule has 0 aromatic rings. The second-order valence-corrected chi connectivity index (χ2v) is 5.72. The molecule has 0 amide bonds. The van der Waals surface area contributed by atoms with Crippen LogP contribution in [0, 0.1) is 16.7 Å². The van der Waals surface area contributed by atoms with Crippen LogP contribution in [-0.2, 0) is 0 Å². The molecule has 0 fully saturated rings. The van der Waals surface area contributed by atoms with Crippen molar-refractivity contribution in [3.05, 3.63) is 47.6 Å². The van der Waals surface area contributed by atoms with Crippen LogP contribution < -0.4 is 0 Å². The summed E-state index contributed by atoms with van der Waals surface area (Å²) >= 11 is 0. The van der Waals surface area contributed by atoms with Gasteiger partial charge in [0.15, 0.2) is 0 Å². The fraction of sp³-hybridized carbons (Fsp3) is 0.500. The van der Waals surface area contributed by atoms with Gasteiger partial charge in [0.1, 0.15) is 0 Å². The quantitative estimate of drug-likeness (QED) is 0.784. The third-order valence-corrected chi connectivity index (χ3v) is 4.91. The van der Waals surface area contributed by atoms with Crippen LogP contribution in [0.15, 0.2) is 47.6 Å². The summed E-state index contributed by atoms with van der Waals surface area (Å²) in [7, 11) is 0. The Morgan fingerprint density at radius 2 is 1.41 bits per heavy atom. The minimum atomic E-state index is -0.0344. The van der Waals surface area contributed by atoms with Gasteiger partial charge in [-0.2, -0.15) is 0 Å². The fourth-order valence-corrected chi connectivity index (χ4v) is 3.19. The first-order chi connectivity index (χ1) is 7.95. The lowest BCUT2D eigenvalue weighted by molar-refractivity contribution is 0.0941. The zero-order valence-corrected chi connectivity index (χ0v) is 11.2. The van der Waals surface area contributed by atoms with Crippen molar-refractivity contribution in [2.75, 3.05) is 6.61 Å². The smallest absolute Gasteiger partial charge is 0.0481 e. The molecule has 0 aromatic heterocycles. The molecule has 0 aromatic carbocycles. The second kappa shape index (κ2) is 3.99. The van der Waals surface area contributed by atoms with Crippen molar-refractivity contribution in [3.63, 3.8) is 0 Å². The summed E-state index contributed by atoms with van der Waals surface area (Å²) in [4.78, 5) is 0. The van der Waals surface area contributed by atoms with Crippen molar-refractivity contribution in [1.82, 2.24) is 0 Å². The third-order valence-electron chi connectivity index (χ3n) is 4.91. The molecule has 1 heteroatoms. The fourth-order valence-electron chi connectivity index (χ4n) is 3.19. The van der Waals surface area contributed by atoms with Crippen molar-refractivity contribution < 1.29 is 5.11 Å². The van der Waals surface area contributed by atoms with Crippen LogP contribution >= 0.6 is 0 Å². The number of hydrogen-bond acceptors (Lipinski definition) is 1. The summed E-state index contributed by atoms with van der Waals surface area (Å²) in [5.74, 6) is 0.194. The lowest BCUT2D eigenvalue weighted by Crippen LogP contribution is -2.40. The highest BCUT2D eigenvalue weighted by atomic mass is 16.3. The molecule has 0 bridgehead atoms. The van der Waals surface area contributed by atoms with Gasteiger partial charge in [-0.05, 0) is 13.8 Å². The van der Waals surface area contributed by atoms with Gasteiger partial charge >= 0.3 is 0 Å². The number of aliphatic hydroxyl groups excluding tert-OH is 1. The van der Waals surface area contributed by atoms with E-state index in [1.54, 1.807) is 0 Å². The van der Waals surface area contributed by atoms with Crippen LogP contribution in [0.1, 0.15) is 27.7 Å². The van der Waals surface area contributed by atoms with Crippen molar-refractivity contribution >= 4 is 0 Å². The standard InChI is InChI=1S/C16H22O/c1-12-7-5-9-15(12,3)14(11-17)16(4)10-6-8-13(16)2/h5-10,14,17H,11H2,1-4H3. The predicted octanol–water partition coefficient (Wildman–Crippen LogP) is 3.64. The minimum Gasteiger partial charge on any atom is -0.396 e. The summed E-state index contributed by atoms with van der Waals surface area (Å²) in [6.07, 6.45) is 13.0. The van der Waals surface area contributed by atoms with Gasteiger partial charge in [-0.1, -0.05) is 61.4 Å². The maximum absolute atomic E-state index is 9.89. The summed E-state index contributed by atoms with van der Waals surface area (Å²) in [5, 5.41) is 9.89. The SMILES string of the molecule is CC1=CC=CC1(C)C(CO)C1(C)C=CC=C1C. The Morgan fingerprint density at radius 1 is 1.00 bits per heavy atom. The zero-order chi connectivity index (χ0) is 12.7. The molecule has 0 radical (unpaired) electrons. The molecule has 2 aliphatic carbocycles. The van der Waals surface area contributed by atoms with Crippen LogP contribution in [0.25, 0.3) is 0 Å². The Morgan fingerprint density at radius 3 is 1.65 bits per heavy atom. The molecule has 2 aliphatic rings. The molecule has 17 heavy (non-hydrogen) atoms. The molecule has 2 rings (SSSR count). The highest BCUT2D eigenvalue weighted by molar-refractivity contribution is 5.39. The first kappa shape index (κ1) is 12.4. The van der Waals surface area contributed by atoms with Gasteiger partial charge in [-0.15, -0.1) is 0 Å². The molecular weight excluding hydrogens is 208 g/mol. The summed E-state index contributed by atoms with van der Waals surface area (Å²) in [6.45, 7) is 8.98. The van der Waals surface area contributed by atoms with E-state index in [2.05, 4.69) is 64.2 Å². The molecule has 92 valence electrons. The summed E-state index contributed by atoms with van der Waals surface area (Å²) < 4.78 is 0. The number of hydrogen-bond donors (Lipinski definition) is 1. The third kappa shape index (κ3) is 1.64. The molecule has 0 saturated carbocycles. The Bertz CT molecular complexity index is 398. The lowest BCUT2D eigenvalue weighted by atomic mass is 9.60. The van der Waals surface area contributed by atoms with E-state index < -0.39 is 0 Å². The van der Waals surface area contributed by atoms with Crippen molar-refractivity contribution in [3.8, 4) is 0 Å². The Hall–Kier alpha value is -1.08. The highest BCUT2D eigenvalue weighted by Gasteiger charge is 2.46. The molecule has 0 aliphatic heterocycles. The number of allylic oxidation sites excluding steroid dienone is 8. The Labute approximate surface area is 104 Å². The van der Waals surface area contributed by atoms with Gasteiger partial charge < -0.3 is 5.11 Å². The van der Waals surface area contributed by atoms with E-state index >= 15 is 0 Å². The first-order valence-electron chi connectivity index (χ1n) is 6.29. The van der Waals surface area contributed by atoms with Crippen LogP contribution in [-0.4, -0.2) is 11.7 Å². The average molecular weight is 230 g/mol. The summed E-state index contributed by atoms with van der Waals surface area (Å²) in [5.41, 5.74) is 2.61. The number of rotatable bonds is 3. The molecule has 1 N–H and O–H groups in total. The molecule has 1 nitrogen and oxygen atoms in total. The van der Waals surface area contributed by atoms with E-state index in [0.717, 1.165) is 0 Å². The van der Waals surface area contributed by atoms with Gasteiger partial charge in [0.25, 0.3) is 0 Å². The lowest BCUT2D eigenvalue weighted by Gasteiger charge is -2.44. The van der Waals surface area contributed by atoms with Gasteiger partial charge in [0.05, 0.1) is 0 Å². The van der Waals surface area contributed by atoms with E-state index in [4.69, 9.17) is 0 Å². The predicted molar refractivity (Wildman–Crippen MR) is 72.6 cm³/mol. The molecule has 2 atom stereocenters. The van der Waals surface area contributed by atoms with Crippen molar-refractivity contribution in [1.29, 1.82) is 0 Å². The highest BCUT2D eigenvalue weighted by Crippen LogP contribution is 2.52. The molecule has 0 heterocycles. The molecule has 0 saturated heterocycles. The second-order valence-electron chi connectivity index (χ2n) is 5.72. The van der Waals surface area contributed by atoms with Crippen LogP contribution in [0.5, 0.6) is 0 Å². The van der Waals surface area contributed by atoms with E-state index in [9.17, 15) is 5.11 Å². The maximum Gasteiger partial charge on any atom is 0.0481 e. The maximum atomic E-state index is 9.89. The Kier molecular flexibility index (Phi) is 2.90. The van der Waals surface area contributed by atoms with E-state index in [1.807, 2.05) is 0 Å². The topological polar surface area (TPSA) is 20.2 Å². The van der Waals surface area contributed by atoms with Crippen LogP contribution in [0.4, 0.5) is 0 Å². The van der Waals surface area contributed by atoms with Crippen LogP contribution in [0.3, 0.4) is 0 Å². The van der Waals surface area contributed by atoms with Crippen molar-refractivity contribution in [2.45, 2.75) is 27.7 Å². The first-order valence-corrected chi connectivity index (χ1v) is 6.29. The van der Waals surface area contributed by atoms with E-state index in [1.165, 1.54) is 11.1 Å². The Balaban J connectivity index is 2.42. The van der Waals surface area contributed by atoms with Gasteiger partial charge in [0, 0.05) is 23.4 Å². The minimum absolute atomic E-state index is 0.0344. The molecule has 2 unspecified atom stereocenters. The van der Waals surface area contributed by atoms with E-state index in [0.29, 0.717) is 0 Å². The zero-order valence-electron chi connectivity index (χ0n) is 11.2. The van der Waals surface area contributed by atoms with Gasteiger partial charge in [-0.3, -0.25) is 0 Å². The normalized spacial score (nSPS) is 37.2. The van der Waals surface area contributed by atoms with E-state index in [-0.39, 0.29) is 23.4 Å². The average Bonchev–Trinajstić information content (AvgIpc) is 2.76. The molecular formula is C16H22O. The van der Waals surface area contributed by atoms with Crippen molar-refractivity contribution in [2.24, 2.45) is 16.7 Å². The summed E-state index contributed by atoms with van der Waals surface area (Å²) in [6, 6.07) is 0. The number of aliphatic hydroxyl groups is 1. The van der Waals surface area contributed by atoms with Gasteiger partial charge in [-0.25, -0.2) is 0 Å². The van der Waals surface area contributed by atoms with Crippen LogP contribution in [0.2, 0.25) is 0 Å². The van der Waals surface area contributed by atoms with Gasteiger partial charge in [0.2, 0.25) is 0 Å². The largest absolute Gasteiger partial charge is 0.396 e.